The molecule has 0 aromatic heterocycles. The largest absolute Gasteiger partial charge is 0.500 e. The lowest BCUT2D eigenvalue weighted by Gasteiger charge is -2.11. The molecule has 2 aromatic rings. The molecule has 0 saturated carbocycles. The number of ether oxygens (including phenoxy) is 1. The Morgan fingerprint density at radius 2 is 1.96 bits per heavy atom. The van der Waals surface area contributed by atoms with E-state index in [1.807, 2.05) is 0 Å². The van der Waals surface area contributed by atoms with Crippen molar-refractivity contribution in [2.24, 2.45) is 0 Å². The summed E-state index contributed by atoms with van der Waals surface area (Å²) in [5, 5.41) is 23.5. The monoisotopic (exact) mass is 369 g/mol. The Labute approximate surface area is 153 Å². The molecule has 1 heterocycles. The molecule has 3 amide bonds. The van der Waals surface area contributed by atoms with E-state index in [4.69, 9.17) is 4.74 Å². The van der Waals surface area contributed by atoms with Gasteiger partial charge in [-0.25, -0.2) is 9.69 Å². The molecule has 1 fully saturated rings. The number of amides is 3. The van der Waals surface area contributed by atoms with Gasteiger partial charge in [0.25, 0.3) is 5.91 Å². The van der Waals surface area contributed by atoms with Gasteiger partial charge in [-0.1, -0.05) is 18.2 Å². The molecule has 3 rings (SSSR count). The third kappa shape index (κ3) is 3.43. The summed E-state index contributed by atoms with van der Waals surface area (Å²) in [6.45, 7) is 1.84. The van der Waals surface area contributed by atoms with Crippen molar-refractivity contribution in [3.63, 3.8) is 0 Å². The first-order valence-corrected chi connectivity index (χ1v) is 7.98. The number of benzene rings is 2. The topological polar surface area (TPSA) is 122 Å². The lowest BCUT2D eigenvalue weighted by molar-refractivity contribution is -0.386. The number of nitrogens with zero attached hydrogens (tertiary/aromatic N) is 2. The van der Waals surface area contributed by atoms with Crippen molar-refractivity contribution in [3.05, 3.63) is 63.8 Å². The molecule has 0 bridgehead atoms. The summed E-state index contributed by atoms with van der Waals surface area (Å²) >= 11 is 0. The minimum Gasteiger partial charge on any atom is -0.500 e. The van der Waals surface area contributed by atoms with Crippen LogP contribution in [0.1, 0.15) is 12.5 Å². The number of nitro groups is 1. The van der Waals surface area contributed by atoms with Gasteiger partial charge in [0.2, 0.25) is 5.75 Å². The second-order valence-corrected chi connectivity index (χ2v) is 5.54. The number of phenolic OH excluding ortho intramolecular Hbond substituents is 1. The van der Waals surface area contributed by atoms with Crippen LogP contribution in [0.3, 0.4) is 0 Å². The summed E-state index contributed by atoms with van der Waals surface area (Å²) in [5.74, 6) is -1.29. The molecule has 9 nitrogen and oxygen atoms in total. The number of rotatable bonds is 5. The molecule has 2 aromatic carbocycles. The highest BCUT2D eigenvalue weighted by Gasteiger charge is 2.35. The van der Waals surface area contributed by atoms with Crippen molar-refractivity contribution in [1.82, 2.24) is 5.32 Å². The lowest BCUT2D eigenvalue weighted by atomic mass is 10.1. The molecule has 0 aliphatic carbocycles. The molecule has 138 valence electrons. The number of para-hydroxylation sites is 1. The van der Waals surface area contributed by atoms with E-state index in [0.717, 1.165) is 11.0 Å². The molecular formula is C18H15N3O6. The van der Waals surface area contributed by atoms with Gasteiger partial charge in [-0.05, 0) is 36.8 Å². The average molecular weight is 369 g/mol. The first-order valence-electron chi connectivity index (χ1n) is 7.98. The second-order valence-electron chi connectivity index (χ2n) is 5.54. The minimum absolute atomic E-state index is 0.0497. The van der Waals surface area contributed by atoms with Gasteiger partial charge in [0, 0.05) is 6.07 Å². The predicted octanol–water partition coefficient (Wildman–Crippen LogP) is 2.80. The SMILES string of the molecule is CCOc1cc(/C=C2/NC(=O)N(c3ccccc3)C2=O)cc([N+](=O)[O-])c1O. The number of anilines is 1. The smallest absolute Gasteiger partial charge is 0.333 e. The Balaban J connectivity index is 2.01. The van der Waals surface area contributed by atoms with Crippen LogP contribution in [0.15, 0.2) is 48.2 Å². The number of phenols is 1. The third-order valence-corrected chi connectivity index (χ3v) is 3.78. The quantitative estimate of drug-likeness (QED) is 0.362. The Bertz CT molecular complexity index is 955. The van der Waals surface area contributed by atoms with Crippen molar-refractivity contribution in [3.8, 4) is 11.5 Å². The summed E-state index contributed by atoms with van der Waals surface area (Å²) < 4.78 is 5.20. The van der Waals surface area contributed by atoms with Crippen LogP contribution in [0.4, 0.5) is 16.2 Å². The fraction of sp³-hybridized carbons (Fsp3) is 0.111. The summed E-state index contributed by atoms with van der Waals surface area (Å²) in [4.78, 5) is 36.1. The van der Waals surface area contributed by atoms with Crippen LogP contribution >= 0.6 is 0 Å². The number of urea groups is 1. The number of carbonyl (C=O) groups excluding carboxylic acids is 2. The van der Waals surface area contributed by atoms with Crippen LogP contribution in [0.2, 0.25) is 0 Å². The molecule has 0 unspecified atom stereocenters. The first-order chi connectivity index (χ1) is 12.9. The van der Waals surface area contributed by atoms with E-state index < -0.39 is 28.3 Å². The van der Waals surface area contributed by atoms with Crippen LogP contribution in [-0.4, -0.2) is 28.6 Å². The predicted molar refractivity (Wildman–Crippen MR) is 96.4 cm³/mol. The summed E-state index contributed by atoms with van der Waals surface area (Å²) in [5.41, 5.74) is 0.00683. The molecule has 1 saturated heterocycles. The van der Waals surface area contributed by atoms with Gasteiger partial charge < -0.3 is 15.2 Å². The third-order valence-electron chi connectivity index (χ3n) is 3.78. The van der Waals surface area contributed by atoms with E-state index in [-0.39, 0.29) is 23.6 Å². The number of carbonyl (C=O) groups is 2. The fourth-order valence-electron chi connectivity index (χ4n) is 2.62. The Morgan fingerprint density at radius 1 is 1.26 bits per heavy atom. The van der Waals surface area contributed by atoms with E-state index in [1.54, 1.807) is 37.3 Å². The molecule has 0 atom stereocenters. The van der Waals surface area contributed by atoms with E-state index >= 15 is 0 Å². The van der Waals surface area contributed by atoms with Gasteiger partial charge in [-0.2, -0.15) is 0 Å². The zero-order chi connectivity index (χ0) is 19.6. The van der Waals surface area contributed by atoms with Gasteiger partial charge in [0.15, 0.2) is 5.75 Å². The number of hydrogen-bond acceptors (Lipinski definition) is 6. The number of nitro benzene ring substituents is 1. The maximum atomic E-state index is 12.6. The highest BCUT2D eigenvalue weighted by atomic mass is 16.6. The van der Waals surface area contributed by atoms with Crippen molar-refractivity contribution in [2.45, 2.75) is 6.92 Å². The highest BCUT2D eigenvalue weighted by Crippen LogP contribution is 2.38. The molecule has 27 heavy (non-hydrogen) atoms. The molecular weight excluding hydrogens is 354 g/mol. The number of nitrogens with one attached hydrogen (secondary N) is 1. The summed E-state index contributed by atoms with van der Waals surface area (Å²) in [6, 6.07) is 10.2. The maximum Gasteiger partial charge on any atom is 0.333 e. The Kier molecular flexibility index (Phi) is 4.75. The summed E-state index contributed by atoms with van der Waals surface area (Å²) in [6.07, 6.45) is 1.29. The zero-order valence-electron chi connectivity index (χ0n) is 14.2. The number of hydrogen-bond donors (Lipinski definition) is 2. The first kappa shape index (κ1) is 17.9. The highest BCUT2D eigenvalue weighted by molar-refractivity contribution is 6.28. The van der Waals surface area contributed by atoms with Crippen LogP contribution in [-0.2, 0) is 4.79 Å². The van der Waals surface area contributed by atoms with Crippen molar-refractivity contribution in [1.29, 1.82) is 0 Å². The van der Waals surface area contributed by atoms with Crippen LogP contribution in [0.5, 0.6) is 11.5 Å². The number of aromatic hydroxyl groups is 1. The maximum absolute atomic E-state index is 12.6. The molecule has 1 aliphatic rings. The number of imide groups is 1. The second kappa shape index (κ2) is 7.16. The van der Waals surface area contributed by atoms with Crippen molar-refractivity contribution >= 4 is 29.4 Å². The van der Waals surface area contributed by atoms with Gasteiger partial charge >= 0.3 is 11.7 Å². The van der Waals surface area contributed by atoms with Gasteiger partial charge in [0.05, 0.1) is 17.2 Å². The van der Waals surface area contributed by atoms with Crippen molar-refractivity contribution < 1.29 is 24.4 Å². The normalized spacial score (nSPS) is 15.1. The molecule has 1 aliphatic heterocycles. The Morgan fingerprint density at radius 3 is 2.59 bits per heavy atom. The van der Waals surface area contributed by atoms with Crippen LogP contribution < -0.4 is 15.0 Å². The standard InChI is InChI=1S/C18H15N3O6/c1-2-27-15-10-11(9-14(16(15)22)21(25)26)8-13-17(23)20(18(24)19-13)12-6-4-3-5-7-12/h3-10,22H,2H2,1H3,(H,19,24)/b13-8+. The fourth-order valence-corrected chi connectivity index (χ4v) is 2.62. The van der Waals surface area contributed by atoms with E-state index in [2.05, 4.69) is 5.32 Å². The minimum atomic E-state index is -0.759. The van der Waals surface area contributed by atoms with Gasteiger partial charge in [-0.3, -0.25) is 14.9 Å². The van der Waals surface area contributed by atoms with E-state index in [1.165, 1.54) is 12.1 Å². The summed E-state index contributed by atoms with van der Waals surface area (Å²) in [7, 11) is 0. The Hall–Kier alpha value is -3.88. The van der Waals surface area contributed by atoms with Crippen molar-refractivity contribution in [2.75, 3.05) is 11.5 Å². The van der Waals surface area contributed by atoms with E-state index in [0.29, 0.717) is 5.69 Å². The van der Waals surface area contributed by atoms with Crippen LogP contribution in [0.25, 0.3) is 6.08 Å². The molecule has 9 heteroatoms. The average Bonchev–Trinajstić information content (AvgIpc) is 2.91. The molecule has 0 radical (unpaired) electrons. The van der Waals surface area contributed by atoms with Crippen LogP contribution in [0, 0.1) is 10.1 Å². The molecule has 0 spiro atoms. The van der Waals surface area contributed by atoms with Gasteiger partial charge in [-0.15, -0.1) is 0 Å². The molecule has 2 N–H and O–H groups in total. The van der Waals surface area contributed by atoms with Gasteiger partial charge in [0.1, 0.15) is 5.70 Å². The lowest BCUT2D eigenvalue weighted by Crippen LogP contribution is -2.30. The van der Waals surface area contributed by atoms with E-state index in [9.17, 15) is 24.8 Å². The zero-order valence-corrected chi connectivity index (χ0v) is 14.2.